The number of carboxylic acid groups (broad SMARTS) is 1. The Labute approximate surface area is 116 Å². The van der Waals surface area contributed by atoms with Crippen molar-refractivity contribution in [3.05, 3.63) is 0 Å². The number of aliphatic hydroxyl groups is 3. The standard InChI is InChI=1S/C12H21NO7/c1-12(2,3)13-11(19)20-6-4-5(10(17)18)7(14)9(16)8(6)15/h5-9,14-16H,4H2,1-3H3,(H,13,19)(H,17,18)/t5-,6+,7+,8-,9-/m0/s1. The molecule has 116 valence electrons. The summed E-state index contributed by atoms with van der Waals surface area (Å²) in [5.41, 5.74) is -0.555. The zero-order chi connectivity index (χ0) is 15.7. The van der Waals surface area contributed by atoms with Crippen LogP contribution in [-0.2, 0) is 9.53 Å². The van der Waals surface area contributed by atoms with E-state index in [4.69, 9.17) is 9.84 Å². The number of amides is 1. The van der Waals surface area contributed by atoms with E-state index in [1.54, 1.807) is 20.8 Å². The second-order valence-electron chi connectivity index (χ2n) is 5.97. The van der Waals surface area contributed by atoms with Crippen molar-refractivity contribution in [2.24, 2.45) is 5.92 Å². The summed E-state index contributed by atoms with van der Waals surface area (Å²) in [7, 11) is 0. The van der Waals surface area contributed by atoms with Crippen LogP contribution in [0.3, 0.4) is 0 Å². The van der Waals surface area contributed by atoms with Gasteiger partial charge in [-0.3, -0.25) is 4.79 Å². The first-order valence-electron chi connectivity index (χ1n) is 6.28. The molecule has 5 atom stereocenters. The van der Waals surface area contributed by atoms with E-state index in [2.05, 4.69) is 5.32 Å². The molecule has 0 aromatic carbocycles. The van der Waals surface area contributed by atoms with Gasteiger partial charge in [-0.2, -0.15) is 0 Å². The number of aliphatic carboxylic acids is 1. The monoisotopic (exact) mass is 291 g/mol. The van der Waals surface area contributed by atoms with Gasteiger partial charge in [-0.25, -0.2) is 4.79 Å². The summed E-state index contributed by atoms with van der Waals surface area (Å²) < 4.78 is 4.94. The van der Waals surface area contributed by atoms with Crippen LogP contribution in [0.5, 0.6) is 0 Å². The van der Waals surface area contributed by atoms with E-state index < -0.39 is 47.9 Å². The van der Waals surface area contributed by atoms with Gasteiger partial charge in [0.25, 0.3) is 0 Å². The van der Waals surface area contributed by atoms with Crippen LogP contribution in [-0.4, -0.2) is 62.4 Å². The number of hydrogen-bond acceptors (Lipinski definition) is 6. The normalized spacial score (nSPS) is 34.4. The quantitative estimate of drug-likeness (QED) is 0.443. The van der Waals surface area contributed by atoms with Crippen LogP contribution in [0.15, 0.2) is 0 Å². The first-order chi connectivity index (χ1) is 9.03. The fraction of sp³-hybridized carbons (Fsp3) is 0.833. The molecule has 0 aromatic heterocycles. The summed E-state index contributed by atoms with van der Waals surface area (Å²) in [5.74, 6) is -2.63. The van der Waals surface area contributed by atoms with Gasteiger partial charge in [0.1, 0.15) is 18.3 Å². The molecule has 8 nitrogen and oxygen atoms in total. The molecule has 0 radical (unpaired) electrons. The van der Waals surface area contributed by atoms with Gasteiger partial charge in [0.15, 0.2) is 0 Å². The summed E-state index contributed by atoms with van der Waals surface area (Å²) in [4.78, 5) is 22.6. The third kappa shape index (κ3) is 4.06. The van der Waals surface area contributed by atoms with Crippen molar-refractivity contribution in [2.45, 2.75) is 57.1 Å². The van der Waals surface area contributed by atoms with Crippen molar-refractivity contribution >= 4 is 12.1 Å². The van der Waals surface area contributed by atoms with Crippen LogP contribution >= 0.6 is 0 Å². The fourth-order valence-corrected chi connectivity index (χ4v) is 2.03. The molecule has 1 aliphatic carbocycles. The topological polar surface area (TPSA) is 136 Å². The van der Waals surface area contributed by atoms with E-state index in [-0.39, 0.29) is 6.42 Å². The minimum atomic E-state index is -1.68. The van der Waals surface area contributed by atoms with Crippen molar-refractivity contribution in [3.8, 4) is 0 Å². The van der Waals surface area contributed by atoms with Gasteiger partial charge in [0.2, 0.25) is 0 Å². The van der Waals surface area contributed by atoms with Crippen molar-refractivity contribution in [2.75, 3.05) is 0 Å². The van der Waals surface area contributed by atoms with Crippen LogP contribution in [0.1, 0.15) is 27.2 Å². The third-order valence-electron chi connectivity index (χ3n) is 3.03. The summed E-state index contributed by atoms with van der Waals surface area (Å²) in [6, 6.07) is 0. The summed E-state index contributed by atoms with van der Waals surface area (Å²) in [6.07, 6.45) is -7.12. The Morgan fingerprint density at radius 3 is 2.10 bits per heavy atom. The number of carbonyl (C=O) groups excluding carboxylic acids is 1. The van der Waals surface area contributed by atoms with E-state index in [1.807, 2.05) is 0 Å². The Morgan fingerprint density at radius 2 is 1.65 bits per heavy atom. The second kappa shape index (κ2) is 5.94. The number of nitrogens with one attached hydrogen (secondary N) is 1. The predicted octanol–water partition coefficient (Wildman–Crippen LogP) is -0.933. The van der Waals surface area contributed by atoms with E-state index in [0.717, 1.165) is 0 Å². The highest BCUT2D eigenvalue weighted by molar-refractivity contribution is 5.71. The van der Waals surface area contributed by atoms with E-state index >= 15 is 0 Å². The lowest BCUT2D eigenvalue weighted by Crippen LogP contribution is -2.57. The van der Waals surface area contributed by atoms with Gasteiger partial charge in [-0.05, 0) is 20.8 Å². The molecule has 0 aromatic rings. The Bertz CT molecular complexity index is 378. The van der Waals surface area contributed by atoms with Crippen molar-refractivity contribution in [1.82, 2.24) is 5.32 Å². The fourth-order valence-electron chi connectivity index (χ4n) is 2.03. The van der Waals surface area contributed by atoms with Gasteiger partial charge >= 0.3 is 12.1 Å². The zero-order valence-corrected chi connectivity index (χ0v) is 11.6. The molecule has 0 saturated heterocycles. The maximum absolute atomic E-state index is 11.6. The van der Waals surface area contributed by atoms with Crippen LogP contribution in [0, 0.1) is 5.92 Å². The lowest BCUT2D eigenvalue weighted by molar-refractivity contribution is -0.178. The summed E-state index contributed by atoms with van der Waals surface area (Å²) >= 11 is 0. The molecular formula is C12H21NO7. The van der Waals surface area contributed by atoms with E-state index in [1.165, 1.54) is 0 Å². The number of ether oxygens (including phenoxy) is 1. The molecule has 1 amide bonds. The Balaban J connectivity index is 2.74. The van der Waals surface area contributed by atoms with Crippen LogP contribution in [0.25, 0.3) is 0 Å². The number of hydrogen-bond donors (Lipinski definition) is 5. The molecule has 0 unspecified atom stereocenters. The van der Waals surface area contributed by atoms with Gasteiger partial charge in [0, 0.05) is 12.0 Å². The minimum absolute atomic E-state index is 0.272. The first-order valence-corrected chi connectivity index (χ1v) is 6.28. The van der Waals surface area contributed by atoms with Gasteiger partial charge in [0.05, 0.1) is 12.0 Å². The molecule has 1 rings (SSSR count). The van der Waals surface area contributed by atoms with Gasteiger partial charge < -0.3 is 30.5 Å². The maximum atomic E-state index is 11.6. The highest BCUT2D eigenvalue weighted by Gasteiger charge is 2.47. The van der Waals surface area contributed by atoms with Gasteiger partial charge in [-0.1, -0.05) is 0 Å². The molecule has 8 heteroatoms. The number of aliphatic hydroxyl groups excluding tert-OH is 3. The Hall–Kier alpha value is -1.38. The van der Waals surface area contributed by atoms with Crippen LogP contribution < -0.4 is 5.32 Å². The number of alkyl carbamates (subject to hydrolysis) is 1. The molecule has 0 spiro atoms. The molecule has 0 aliphatic heterocycles. The molecule has 5 N–H and O–H groups in total. The molecule has 20 heavy (non-hydrogen) atoms. The Morgan fingerprint density at radius 1 is 1.10 bits per heavy atom. The highest BCUT2D eigenvalue weighted by atomic mass is 16.6. The van der Waals surface area contributed by atoms with Crippen molar-refractivity contribution < 1.29 is 34.8 Å². The lowest BCUT2D eigenvalue weighted by atomic mass is 9.81. The molecule has 1 fully saturated rings. The zero-order valence-electron chi connectivity index (χ0n) is 11.6. The van der Waals surface area contributed by atoms with Crippen molar-refractivity contribution in [1.29, 1.82) is 0 Å². The smallest absolute Gasteiger partial charge is 0.407 e. The molecule has 1 aliphatic rings. The van der Waals surface area contributed by atoms with Crippen LogP contribution in [0.2, 0.25) is 0 Å². The van der Waals surface area contributed by atoms with E-state index in [0.29, 0.717) is 0 Å². The maximum Gasteiger partial charge on any atom is 0.407 e. The van der Waals surface area contributed by atoms with Gasteiger partial charge in [-0.15, -0.1) is 0 Å². The molecule has 1 saturated carbocycles. The Kier molecular flexibility index (Phi) is 4.95. The molecule has 0 heterocycles. The average Bonchev–Trinajstić information content (AvgIpc) is 2.27. The lowest BCUT2D eigenvalue weighted by Gasteiger charge is -2.38. The largest absolute Gasteiger partial charge is 0.481 e. The summed E-state index contributed by atoms with van der Waals surface area (Å²) in [6.45, 7) is 5.18. The average molecular weight is 291 g/mol. The molecular weight excluding hydrogens is 270 g/mol. The predicted molar refractivity (Wildman–Crippen MR) is 66.9 cm³/mol. The SMILES string of the molecule is CC(C)(C)NC(=O)O[C@@H]1C[C@H](C(=O)O)[C@@H](O)[C@H](O)[C@H]1O. The highest BCUT2D eigenvalue weighted by Crippen LogP contribution is 2.28. The van der Waals surface area contributed by atoms with Crippen molar-refractivity contribution in [3.63, 3.8) is 0 Å². The van der Waals surface area contributed by atoms with Crippen LogP contribution in [0.4, 0.5) is 4.79 Å². The number of carboxylic acids is 1. The summed E-state index contributed by atoms with van der Waals surface area (Å²) in [5, 5.41) is 40.4. The number of rotatable bonds is 2. The van der Waals surface area contributed by atoms with E-state index in [9.17, 15) is 24.9 Å². The number of carbonyl (C=O) groups is 2. The molecule has 0 bridgehead atoms. The third-order valence-corrected chi connectivity index (χ3v) is 3.03. The minimum Gasteiger partial charge on any atom is -0.481 e. The second-order valence-corrected chi connectivity index (χ2v) is 5.97. The first kappa shape index (κ1) is 16.7.